The van der Waals surface area contributed by atoms with Crippen LogP contribution in [0.2, 0.25) is 0 Å². The molecule has 0 spiro atoms. The molecule has 1 aromatic carbocycles. The number of benzene rings is 1. The third-order valence-corrected chi connectivity index (χ3v) is 2.91. The summed E-state index contributed by atoms with van der Waals surface area (Å²) in [6.45, 7) is 2.24. The summed E-state index contributed by atoms with van der Waals surface area (Å²) < 4.78 is 18.7. The second-order valence-corrected chi connectivity index (χ2v) is 4.18. The van der Waals surface area contributed by atoms with Gasteiger partial charge >= 0.3 is 6.03 Å². The molecule has 0 aliphatic carbocycles. The molecule has 5 nitrogen and oxygen atoms in total. The van der Waals surface area contributed by atoms with Gasteiger partial charge < -0.3 is 15.0 Å². The minimum Gasteiger partial charge on any atom is -0.378 e. The van der Waals surface area contributed by atoms with Crippen molar-refractivity contribution in [3.8, 4) is 6.07 Å². The van der Waals surface area contributed by atoms with Gasteiger partial charge in [-0.3, -0.25) is 0 Å². The summed E-state index contributed by atoms with van der Waals surface area (Å²) in [4.78, 5) is 13.4. The third kappa shape index (κ3) is 3.42. The van der Waals surface area contributed by atoms with Crippen molar-refractivity contribution in [1.29, 1.82) is 5.26 Å². The van der Waals surface area contributed by atoms with E-state index in [2.05, 4.69) is 5.32 Å². The van der Waals surface area contributed by atoms with Crippen LogP contribution in [-0.2, 0) is 11.3 Å². The van der Waals surface area contributed by atoms with Crippen LogP contribution in [0.4, 0.5) is 9.18 Å². The van der Waals surface area contributed by atoms with E-state index in [1.165, 1.54) is 12.1 Å². The summed E-state index contributed by atoms with van der Waals surface area (Å²) in [6, 6.07) is 5.83. The quantitative estimate of drug-likeness (QED) is 0.873. The Morgan fingerprint density at radius 3 is 2.84 bits per heavy atom. The Balaban J connectivity index is 1.91. The third-order valence-electron chi connectivity index (χ3n) is 2.91. The molecule has 0 atom stereocenters. The Morgan fingerprint density at radius 2 is 2.21 bits per heavy atom. The predicted molar refractivity (Wildman–Crippen MR) is 65.7 cm³/mol. The first kappa shape index (κ1) is 13.3. The van der Waals surface area contributed by atoms with Crippen molar-refractivity contribution in [2.45, 2.75) is 6.54 Å². The van der Waals surface area contributed by atoms with E-state index < -0.39 is 5.82 Å². The largest absolute Gasteiger partial charge is 0.378 e. The molecule has 1 saturated heterocycles. The number of amides is 2. The minimum atomic E-state index is -0.485. The highest BCUT2D eigenvalue weighted by Gasteiger charge is 2.16. The van der Waals surface area contributed by atoms with Crippen molar-refractivity contribution in [3.05, 3.63) is 35.1 Å². The van der Waals surface area contributed by atoms with Gasteiger partial charge in [0.1, 0.15) is 5.82 Å². The average molecular weight is 263 g/mol. The number of halogens is 1. The van der Waals surface area contributed by atoms with Crippen molar-refractivity contribution in [1.82, 2.24) is 10.2 Å². The molecule has 6 heteroatoms. The van der Waals surface area contributed by atoms with Crippen molar-refractivity contribution in [2.75, 3.05) is 26.3 Å². The van der Waals surface area contributed by atoms with E-state index in [9.17, 15) is 9.18 Å². The number of ether oxygens (including phenoxy) is 1. The molecular formula is C13H14FN3O2. The summed E-state index contributed by atoms with van der Waals surface area (Å²) >= 11 is 0. The molecule has 0 saturated carbocycles. The van der Waals surface area contributed by atoms with Crippen molar-refractivity contribution in [3.63, 3.8) is 0 Å². The zero-order valence-electron chi connectivity index (χ0n) is 10.4. The normalized spacial score (nSPS) is 14.8. The molecule has 0 aromatic heterocycles. The monoisotopic (exact) mass is 263 g/mol. The maximum absolute atomic E-state index is 13.6. The Kier molecular flexibility index (Phi) is 4.31. The highest BCUT2D eigenvalue weighted by molar-refractivity contribution is 5.74. The molecule has 2 amide bonds. The Hall–Kier alpha value is -2.13. The van der Waals surface area contributed by atoms with Gasteiger partial charge in [-0.25, -0.2) is 9.18 Å². The molecule has 1 N–H and O–H groups in total. The first-order chi connectivity index (χ1) is 9.20. The second-order valence-electron chi connectivity index (χ2n) is 4.18. The first-order valence-electron chi connectivity index (χ1n) is 6.00. The number of hydrogen-bond donors (Lipinski definition) is 1. The zero-order chi connectivity index (χ0) is 13.7. The molecule has 100 valence electrons. The van der Waals surface area contributed by atoms with Crippen LogP contribution in [0.3, 0.4) is 0 Å². The number of rotatable bonds is 2. The smallest absolute Gasteiger partial charge is 0.317 e. The molecule has 1 aliphatic rings. The molecule has 1 heterocycles. The fraction of sp³-hybridized carbons (Fsp3) is 0.385. The van der Waals surface area contributed by atoms with Crippen LogP contribution in [0.15, 0.2) is 18.2 Å². The number of nitriles is 1. The summed E-state index contributed by atoms with van der Waals surface area (Å²) in [5, 5.41) is 11.3. The molecule has 1 fully saturated rings. The predicted octanol–water partition coefficient (Wildman–Crippen LogP) is 1.24. The van der Waals surface area contributed by atoms with Gasteiger partial charge in [0.2, 0.25) is 0 Å². The van der Waals surface area contributed by atoms with E-state index in [0.29, 0.717) is 31.9 Å². The van der Waals surface area contributed by atoms with Gasteiger partial charge in [-0.1, -0.05) is 6.07 Å². The number of hydrogen-bond acceptors (Lipinski definition) is 3. The van der Waals surface area contributed by atoms with Crippen LogP contribution in [0, 0.1) is 17.1 Å². The lowest BCUT2D eigenvalue weighted by atomic mass is 10.1. The van der Waals surface area contributed by atoms with Gasteiger partial charge in [0.05, 0.1) is 24.8 Å². The highest BCUT2D eigenvalue weighted by Crippen LogP contribution is 2.10. The van der Waals surface area contributed by atoms with Crippen LogP contribution < -0.4 is 5.32 Å². The average Bonchev–Trinajstić information content (AvgIpc) is 2.46. The summed E-state index contributed by atoms with van der Waals surface area (Å²) in [7, 11) is 0. The molecule has 0 bridgehead atoms. The summed E-state index contributed by atoms with van der Waals surface area (Å²) in [6.07, 6.45) is 0. The fourth-order valence-electron chi connectivity index (χ4n) is 1.81. The molecule has 1 aromatic rings. The Morgan fingerprint density at radius 1 is 1.47 bits per heavy atom. The number of urea groups is 1. The van der Waals surface area contributed by atoms with Crippen LogP contribution in [-0.4, -0.2) is 37.2 Å². The van der Waals surface area contributed by atoms with Gasteiger partial charge in [-0.15, -0.1) is 0 Å². The minimum absolute atomic E-state index is 0.105. The topological polar surface area (TPSA) is 65.4 Å². The molecule has 19 heavy (non-hydrogen) atoms. The standard InChI is InChI=1S/C13H14FN3O2/c14-12-7-10(8-15)1-2-11(12)9-16-13(18)17-3-5-19-6-4-17/h1-2,7H,3-6,9H2,(H,16,18). The summed E-state index contributed by atoms with van der Waals surface area (Å²) in [5.41, 5.74) is 0.626. The SMILES string of the molecule is N#Cc1ccc(CNC(=O)N2CCOCC2)c(F)c1. The molecular weight excluding hydrogens is 249 g/mol. The molecule has 1 aliphatic heterocycles. The number of nitrogens with zero attached hydrogens (tertiary/aromatic N) is 2. The first-order valence-corrected chi connectivity index (χ1v) is 6.00. The zero-order valence-corrected chi connectivity index (χ0v) is 10.4. The van der Waals surface area contributed by atoms with Gasteiger partial charge in [-0.05, 0) is 12.1 Å². The maximum Gasteiger partial charge on any atom is 0.317 e. The Labute approximate surface area is 110 Å². The fourth-order valence-corrected chi connectivity index (χ4v) is 1.81. The van der Waals surface area contributed by atoms with Gasteiger partial charge in [0.25, 0.3) is 0 Å². The highest BCUT2D eigenvalue weighted by atomic mass is 19.1. The van der Waals surface area contributed by atoms with E-state index in [-0.39, 0.29) is 18.1 Å². The summed E-state index contributed by atoms with van der Waals surface area (Å²) in [5.74, 6) is -0.485. The van der Waals surface area contributed by atoms with E-state index in [1.54, 1.807) is 4.90 Å². The van der Waals surface area contributed by atoms with Gasteiger partial charge in [-0.2, -0.15) is 5.26 Å². The number of carbonyl (C=O) groups excluding carboxylic acids is 1. The van der Waals surface area contributed by atoms with E-state index in [4.69, 9.17) is 10.00 Å². The van der Waals surface area contributed by atoms with Crippen LogP contribution in [0.5, 0.6) is 0 Å². The number of nitrogens with one attached hydrogen (secondary N) is 1. The lowest BCUT2D eigenvalue weighted by molar-refractivity contribution is 0.0531. The van der Waals surface area contributed by atoms with E-state index >= 15 is 0 Å². The Bertz CT molecular complexity index is 507. The van der Waals surface area contributed by atoms with Crippen LogP contribution in [0.25, 0.3) is 0 Å². The van der Waals surface area contributed by atoms with E-state index in [0.717, 1.165) is 6.07 Å². The molecule has 2 rings (SSSR count). The maximum atomic E-state index is 13.6. The lowest BCUT2D eigenvalue weighted by Crippen LogP contribution is -2.45. The van der Waals surface area contributed by atoms with Crippen LogP contribution in [0.1, 0.15) is 11.1 Å². The second kappa shape index (κ2) is 6.16. The van der Waals surface area contributed by atoms with Crippen LogP contribution >= 0.6 is 0 Å². The number of morpholine rings is 1. The van der Waals surface area contributed by atoms with Crippen molar-refractivity contribution >= 4 is 6.03 Å². The molecule has 0 unspecified atom stereocenters. The van der Waals surface area contributed by atoms with Crippen molar-refractivity contribution in [2.24, 2.45) is 0 Å². The van der Waals surface area contributed by atoms with Crippen molar-refractivity contribution < 1.29 is 13.9 Å². The number of carbonyl (C=O) groups is 1. The molecule has 0 radical (unpaired) electrons. The van der Waals surface area contributed by atoms with Gasteiger partial charge in [0, 0.05) is 25.2 Å². The van der Waals surface area contributed by atoms with E-state index in [1.807, 2.05) is 6.07 Å². The lowest BCUT2D eigenvalue weighted by Gasteiger charge is -2.26. The van der Waals surface area contributed by atoms with Gasteiger partial charge in [0.15, 0.2) is 0 Å².